The lowest BCUT2D eigenvalue weighted by Crippen LogP contribution is -2.40. The summed E-state index contributed by atoms with van der Waals surface area (Å²) in [6.45, 7) is -0.149. The zero-order valence-corrected chi connectivity index (χ0v) is 11.4. The van der Waals surface area contributed by atoms with Crippen LogP contribution in [0.2, 0.25) is 0 Å². The van der Waals surface area contributed by atoms with Crippen molar-refractivity contribution in [1.82, 2.24) is 8.54 Å². The lowest BCUT2D eigenvalue weighted by molar-refractivity contribution is 0.282. The van der Waals surface area contributed by atoms with E-state index in [-0.39, 0.29) is 6.61 Å². The number of nitrogens with zero attached hydrogens (tertiary/aromatic N) is 2. The van der Waals surface area contributed by atoms with E-state index in [4.69, 9.17) is 10.5 Å². The summed E-state index contributed by atoms with van der Waals surface area (Å²) in [7, 11) is -0.687. The maximum Gasteiger partial charge on any atom is 0.341 e. The molecule has 0 radical (unpaired) electrons. The second kappa shape index (κ2) is 5.51. The first-order valence-electron chi connectivity index (χ1n) is 5.60. The highest BCUT2D eigenvalue weighted by atomic mass is 32.2. The summed E-state index contributed by atoms with van der Waals surface area (Å²) in [6.07, 6.45) is 0.751. The first kappa shape index (κ1) is 14.4. The number of halogens is 1. The molecule has 0 aliphatic carbocycles. The van der Waals surface area contributed by atoms with Gasteiger partial charge in [-0.3, -0.25) is 9.98 Å². The second-order valence-electron chi connectivity index (χ2n) is 4.04. The van der Waals surface area contributed by atoms with Gasteiger partial charge in [0, 0.05) is 7.05 Å². The van der Waals surface area contributed by atoms with Gasteiger partial charge in [0.25, 0.3) is 0 Å². The molecule has 0 aliphatic rings. The Kier molecular flexibility index (Phi) is 3.96. The summed E-state index contributed by atoms with van der Waals surface area (Å²) < 4.78 is 27.2. The third-order valence-electron chi connectivity index (χ3n) is 2.75. The molecule has 1 atom stereocenters. The zero-order valence-electron chi connectivity index (χ0n) is 10.5. The molecule has 6 nitrogen and oxygen atoms in total. The van der Waals surface area contributed by atoms with Crippen LogP contribution >= 0.6 is 0 Å². The molecule has 1 unspecified atom stereocenters. The summed E-state index contributed by atoms with van der Waals surface area (Å²) in [5.41, 5.74) is -0.684. The van der Waals surface area contributed by atoms with E-state index >= 15 is 0 Å². The molecule has 1 aromatic heterocycles. The van der Waals surface area contributed by atoms with Crippen molar-refractivity contribution >= 4 is 11.0 Å². The Labute approximate surface area is 115 Å². The standard InChI is InChI=1S/C12H12FN3O3S/c1-15-11(14)10(13)6-16(12(15)18)20(19)9-4-2-8(7-17)3-5-9/h2-6,14,17H,7H2,1H3. The van der Waals surface area contributed by atoms with Crippen LogP contribution < -0.4 is 11.2 Å². The van der Waals surface area contributed by atoms with Crippen molar-refractivity contribution in [3.05, 3.63) is 57.8 Å². The highest BCUT2D eigenvalue weighted by molar-refractivity contribution is 7.83. The Morgan fingerprint density at radius 3 is 2.50 bits per heavy atom. The maximum absolute atomic E-state index is 13.5. The molecule has 20 heavy (non-hydrogen) atoms. The molecule has 0 fully saturated rings. The quantitative estimate of drug-likeness (QED) is 0.827. The van der Waals surface area contributed by atoms with Crippen LogP contribution in [-0.4, -0.2) is 17.9 Å². The largest absolute Gasteiger partial charge is 0.392 e. The smallest absolute Gasteiger partial charge is 0.341 e. The van der Waals surface area contributed by atoms with Crippen molar-refractivity contribution in [3.63, 3.8) is 0 Å². The Balaban J connectivity index is 2.53. The summed E-state index contributed by atoms with van der Waals surface area (Å²) in [6, 6.07) is 6.10. The molecule has 2 rings (SSSR count). The lowest BCUT2D eigenvalue weighted by atomic mass is 10.2. The van der Waals surface area contributed by atoms with E-state index in [0.717, 1.165) is 14.7 Å². The van der Waals surface area contributed by atoms with Crippen LogP contribution in [0.4, 0.5) is 4.39 Å². The summed E-state index contributed by atoms with van der Waals surface area (Å²) in [5.74, 6) is -0.938. The van der Waals surface area contributed by atoms with Crippen LogP contribution in [0.1, 0.15) is 5.56 Å². The predicted octanol–water partition coefficient (Wildman–Crippen LogP) is -0.131. The van der Waals surface area contributed by atoms with Gasteiger partial charge in [0.1, 0.15) is 0 Å². The topological polar surface area (TPSA) is 88.1 Å². The van der Waals surface area contributed by atoms with E-state index in [9.17, 15) is 13.4 Å². The van der Waals surface area contributed by atoms with Gasteiger partial charge in [-0.15, -0.1) is 0 Å². The van der Waals surface area contributed by atoms with E-state index in [1.807, 2.05) is 0 Å². The number of rotatable bonds is 3. The van der Waals surface area contributed by atoms with Gasteiger partial charge in [-0.2, -0.15) is 0 Å². The molecule has 0 bridgehead atoms. The minimum absolute atomic E-state index is 0.149. The SMILES string of the molecule is Cn1c(=N)c(F)cn(S(=O)c2ccc(CO)cc2)c1=O. The summed E-state index contributed by atoms with van der Waals surface area (Å²) in [4.78, 5) is 12.2. The van der Waals surface area contributed by atoms with Crippen LogP contribution in [-0.2, 0) is 24.6 Å². The van der Waals surface area contributed by atoms with Crippen molar-refractivity contribution in [3.8, 4) is 0 Å². The van der Waals surface area contributed by atoms with Gasteiger partial charge in [0.2, 0.25) is 0 Å². The Morgan fingerprint density at radius 2 is 1.95 bits per heavy atom. The van der Waals surface area contributed by atoms with E-state index in [1.54, 1.807) is 12.1 Å². The Morgan fingerprint density at radius 1 is 1.35 bits per heavy atom. The van der Waals surface area contributed by atoms with Crippen molar-refractivity contribution < 1.29 is 13.7 Å². The van der Waals surface area contributed by atoms with Gasteiger partial charge >= 0.3 is 5.69 Å². The fourth-order valence-corrected chi connectivity index (χ4v) is 2.62. The predicted molar refractivity (Wildman–Crippen MR) is 69.7 cm³/mol. The van der Waals surface area contributed by atoms with E-state index < -0.39 is 28.0 Å². The second-order valence-corrected chi connectivity index (χ2v) is 5.41. The number of benzene rings is 1. The van der Waals surface area contributed by atoms with Gasteiger partial charge in [-0.25, -0.2) is 17.4 Å². The first-order chi connectivity index (χ1) is 9.45. The molecule has 0 saturated carbocycles. The Hall–Kier alpha value is -2.06. The number of nitrogens with one attached hydrogen (secondary N) is 1. The molecule has 1 aromatic carbocycles. The number of aromatic nitrogens is 2. The zero-order chi connectivity index (χ0) is 14.9. The van der Waals surface area contributed by atoms with Crippen molar-refractivity contribution in [2.24, 2.45) is 7.05 Å². The number of aliphatic hydroxyl groups excluding tert-OH is 1. The van der Waals surface area contributed by atoms with Crippen molar-refractivity contribution in [2.45, 2.75) is 11.5 Å². The van der Waals surface area contributed by atoms with Crippen LogP contribution in [0.3, 0.4) is 0 Å². The van der Waals surface area contributed by atoms with Crippen molar-refractivity contribution in [1.29, 1.82) is 5.41 Å². The van der Waals surface area contributed by atoms with E-state index in [1.165, 1.54) is 19.2 Å². The molecule has 0 spiro atoms. The molecule has 2 N–H and O–H groups in total. The highest BCUT2D eigenvalue weighted by Crippen LogP contribution is 2.09. The lowest BCUT2D eigenvalue weighted by Gasteiger charge is -2.08. The monoisotopic (exact) mass is 297 g/mol. The van der Waals surface area contributed by atoms with Gasteiger partial charge in [0.15, 0.2) is 22.3 Å². The van der Waals surface area contributed by atoms with Gasteiger partial charge in [-0.1, -0.05) is 12.1 Å². The van der Waals surface area contributed by atoms with Crippen molar-refractivity contribution in [2.75, 3.05) is 0 Å². The van der Waals surface area contributed by atoms with E-state index in [0.29, 0.717) is 10.5 Å². The first-order valence-corrected chi connectivity index (χ1v) is 6.71. The molecule has 1 heterocycles. The molecule has 0 amide bonds. The van der Waals surface area contributed by atoms with Gasteiger partial charge < -0.3 is 5.11 Å². The fraction of sp³-hybridized carbons (Fsp3) is 0.167. The van der Waals surface area contributed by atoms with Crippen LogP contribution in [0, 0.1) is 11.2 Å². The minimum Gasteiger partial charge on any atom is -0.392 e. The third-order valence-corrected chi connectivity index (χ3v) is 4.05. The average molecular weight is 297 g/mol. The van der Waals surface area contributed by atoms with Crippen LogP contribution in [0.5, 0.6) is 0 Å². The molecular weight excluding hydrogens is 285 g/mol. The minimum atomic E-state index is -1.92. The summed E-state index contributed by atoms with van der Waals surface area (Å²) in [5, 5.41) is 16.3. The number of hydrogen-bond acceptors (Lipinski definition) is 4. The van der Waals surface area contributed by atoms with Crippen LogP contribution in [0.15, 0.2) is 40.2 Å². The molecule has 106 valence electrons. The number of hydrogen-bond donors (Lipinski definition) is 2. The fourth-order valence-electron chi connectivity index (χ4n) is 1.57. The molecular formula is C12H12FN3O3S. The summed E-state index contributed by atoms with van der Waals surface area (Å²) >= 11 is 0. The molecule has 0 aliphatic heterocycles. The van der Waals surface area contributed by atoms with Gasteiger partial charge in [0.05, 0.1) is 17.7 Å². The molecule has 0 saturated heterocycles. The average Bonchev–Trinajstić information content (AvgIpc) is 2.48. The number of aliphatic hydroxyl groups is 1. The van der Waals surface area contributed by atoms with Crippen LogP contribution in [0.25, 0.3) is 0 Å². The maximum atomic E-state index is 13.5. The Bertz CT molecular complexity index is 780. The molecule has 8 heteroatoms. The molecule has 2 aromatic rings. The highest BCUT2D eigenvalue weighted by Gasteiger charge is 2.13. The normalized spacial score (nSPS) is 12.3. The third kappa shape index (κ3) is 2.47. The van der Waals surface area contributed by atoms with Gasteiger partial charge in [-0.05, 0) is 17.7 Å². The van der Waals surface area contributed by atoms with E-state index in [2.05, 4.69) is 0 Å².